The number of aryl methyl sites for hydroxylation is 1. The Morgan fingerprint density at radius 3 is 2.39 bits per heavy atom. The minimum absolute atomic E-state index is 0.0358. The molecule has 3 heterocycles. The summed E-state index contributed by atoms with van der Waals surface area (Å²) in [6.45, 7) is 6.47. The molecule has 9 heteroatoms. The SMILES string of the molecule is Cc1ccc(C2(O)CCN(c3cccnc3/N=C(\N)Nc3ccc(C(=O)N4CCNCC4)cc3)CC2)cc1. The van der Waals surface area contributed by atoms with E-state index in [1.54, 1.807) is 18.3 Å². The van der Waals surface area contributed by atoms with Gasteiger partial charge >= 0.3 is 0 Å². The fourth-order valence-electron chi connectivity index (χ4n) is 5.03. The number of aliphatic imine (C=N–C) groups is 1. The summed E-state index contributed by atoms with van der Waals surface area (Å²) in [5.41, 5.74) is 9.80. The summed E-state index contributed by atoms with van der Waals surface area (Å²) in [5.74, 6) is 0.761. The maximum atomic E-state index is 12.7. The first-order chi connectivity index (χ1) is 18.4. The number of amides is 1. The van der Waals surface area contributed by atoms with Crippen molar-refractivity contribution in [3.8, 4) is 0 Å². The molecule has 3 aromatic rings. The molecule has 2 aromatic carbocycles. The fourth-order valence-corrected chi connectivity index (χ4v) is 5.03. The topological polar surface area (TPSA) is 119 Å². The van der Waals surface area contributed by atoms with Crippen molar-refractivity contribution in [1.29, 1.82) is 0 Å². The number of benzene rings is 2. The van der Waals surface area contributed by atoms with Crippen molar-refractivity contribution in [2.24, 2.45) is 10.7 Å². The third-order valence-corrected chi connectivity index (χ3v) is 7.32. The number of rotatable bonds is 5. The number of hydrogen-bond donors (Lipinski definition) is 4. The van der Waals surface area contributed by atoms with E-state index >= 15 is 0 Å². The van der Waals surface area contributed by atoms with Crippen LogP contribution in [0.2, 0.25) is 0 Å². The molecule has 0 atom stereocenters. The van der Waals surface area contributed by atoms with E-state index in [9.17, 15) is 9.90 Å². The average molecular weight is 514 g/mol. The summed E-state index contributed by atoms with van der Waals surface area (Å²) in [7, 11) is 0. The predicted molar refractivity (Wildman–Crippen MR) is 151 cm³/mol. The van der Waals surface area contributed by atoms with Gasteiger partial charge in [0.2, 0.25) is 0 Å². The lowest BCUT2D eigenvalue weighted by molar-refractivity contribution is 0.0118. The van der Waals surface area contributed by atoms with Crippen LogP contribution in [-0.4, -0.2) is 66.1 Å². The molecule has 0 saturated carbocycles. The zero-order valence-corrected chi connectivity index (χ0v) is 21.7. The van der Waals surface area contributed by atoms with Crippen molar-refractivity contribution in [2.75, 3.05) is 49.5 Å². The molecule has 2 aliphatic rings. The number of anilines is 2. The molecular weight excluding hydrogens is 478 g/mol. The third kappa shape index (κ3) is 5.79. The number of nitrogens with two attached hydrogens (primary N) is 1. The number of nitrogens with one attached hydrogen (secondary N) is 2. The van der Waals surface area contributed by atoms with Crippen LogP contribution in [0.25, 0.3) is 0 Å². The lowest BCUT2D eigenvalue weighted by atomic mass is 9.84. The van der Waals surface area contributed by atoms with E-state index in [1.165, 1.54) is 5.56 Å². The molecule has 0 aliphatic carbocycles. The highest BCUT2D eigenvalue weighted by Crippen LogP contribution is 2.36. The predicted octanol–water partition coefficient (Wildman–Crippen LogP) is 2.98. The number of hydrogen-bond acceptors (Lipinski definition) is 6. The average Bonchev–Trinajstić information content (AvgIpc) is 2.95. The Hall–Kier alpha value is -3.95. The number of piperidine rings is 1. The molecule has 2 fully saturated rings. The molecular formula is C29H35N7O2. The number of guanidine groups is 1. The Morgan fingerprint density at radius 2 is 1.71 bits per heavy atom. The molecule has 38 heavy (non-hydrogen) atoms. The van der Waals surface area contributed by atoms with Gasteiger partial charge in [0.25, 0.3) is 5.91 Å². The first-order valence-electron chi connectivity index (χ1n) is 13.1. The van der Waals surface area contributed by atoms with Crippen LogP contribution in [-0.2, 0) is 5.60 Å². The first-order valence-corrected chi connectivity index (χ1v) is 13.1. The molecule has 9 nitrogen and oxygen atoms in total. The standard InChI is InChI=1S/C29H35N7O2/c1-21-4-8-23(9-5-21)29(38)12-17-35(18-13-29)25-3-2-14-32-26(25)34-28(30)33-24-10-6-22(7-11-24)27(37)36-19-15-31-16-20-36/h2-11,14,31,38H,12-13,15-20H2,1H3,(H3,30,32,33,34). The Bertz CT molecular complexity index is 1280. The Balaban J connectivity index is 1.24. The highest BCUT2D eigenvalue weighted by Gasteiger charge is 2.34. The molecule has 0 radical (unpaired) electrons. The number of aromatic nitrogens is 1. The second-order valence-electron chi connectivity index (χ2n) is 9.97. The van der Waals surface area contributed by atoms with E-state index in [4.69, 9.17) is 5.73 Å². The third-order valence-electron chi connectivity index (χ3n) is 7.32. The van der Waals surface area contributed by atoms with Gasteiger partial charge in [-0.3, -0.25) is 4.79 Å². The maximum Gasteiger partial charge on any atom is 0.253 e. The molecule has 0 bridgehead atoms. The number of aliphatic hydroxyl groups is 1. The van der Waals surface area contributed by atoms with Gasteiger partial charge in [0.1, 0.15) is 0 Å². The van der Waals surface area contributed by atoms with E-state index in [1.807, 2.05) is 60.4 Å². The number of nitrogens with zero attached hydrogens (tertiary/aromatic N) is 4. The number of piperazine rings is 1. The van der Waals surface area contributed by atoms with Gasteiger partial charge in [-0.2, -0.15) is 4.99 Å². The van der Waals surface area contributed by atoms with Crippen molar-refractivity contribution in [3.05, 3.63) is 83.6 Å². The van der Waals surface area contributed by atoms with Crippen LogP contribution in [0.5, 0.6) is 0 Å². The summed E-state index contributed by atoms with van der Waals surface area (Å²) < 4.78 is 0. The molecule has 0 unspecified atom stereocenters. The zero-order chi connectivity index (χ0) is 26.5. The van der Waals surface area contributed by atoms with Gasteiger partial charge in [-0.05, 0) is 61.7 Å². The highest BCUT2D eigenvalue weighted by atomic mass is 16.3. The number of carbonyl (C=O) groups excluding carboxylic acids is 1. The molecule has 2 aliphatic heterocycles. The summed E-state index contributed by atoms with van der Waals surface area (Å²) in [5, 5.41) is 17.6. The molecule has 5 N–H and O–H groups in total. The summed E-state index contributed by atoms with van der Waals surface area (Å²) >= 11 is 0. The molecule has 1 amide bonds. The van der Waals surface area contributed by atoms with Crippen LogP contribution < -0.4 is 21.3 Å². The molecule has 0 spiro atoms. The van der Waals surface area contributed by atoms with E-state index in [0.717, 1.165) is 30.0 Å². The lowest BCUT2D eigenvalue weighted by Crippen LogP contribution is -2.46. The largest absolute Gasteiger partial charge is 0.385 e. The second kappa shape index (κ2) is 11.2. The van der Waals surface area contributed by atoms with E-state index in [-0.39, 0.29) is 11.9 Å². The van der Waals surface area contributed by atoms with Crippen molar-refractivity contribution < 1.29 is 9.90 Å². The van der Waals surface area contributed by atoms with Crippen LogP contribution in [0.4, 0.5) is 17.2 Å². The van der Waals surface area contributed by atoms with Gasteiger partial charge in [0.15, 0.2) is 11.8 Å². The number of pyridine rings is 1. The zero-order valence-electron chi connectivity index (χ0n) is 21.7. The van der Waals surface area contributed by atoms with Gasteiger partial charge in [-0.25, -0.2) is 4.98 Å². The highest BCUT2D eigenvalue weighted by molar-refractivity contribution is 5.97. The summed E-state index contributed by atoms with van der Waals surface area (Å²) in [6.07, 6.45) is 2.92. The minimum atomic E-state index is -0.838. The minimum Gasteiger partial charge on any atom is -0.385 e. The van der Waals surface area contributed by atoms with Crippen molar-refractivity contribution in [2.45, 2.75) is 25.4 Å². The van der Waals surface area contributed by atoms with Gasteiger partial charge in [0, 0.05) is 56.7 Å². The Morgan fingerprint density at radius 1 is 1.03 bits per heavy atom. The molecule has 5 rings (SSSR count). The van der Waals surface area contributed by atoms with Crippen molar-refractivity contribution >= 4 is 29.1 Å². The monoisotopic (exact) mass is 513 g/mol. The molecule has 198 valence electrons. The normalized spacial score (nSPS) is 17.8. The lowest BCUT2D eigenvalue weighted by Gasteiger charge is -2.39. The van der Waals surface area contributed by atoms with Gasteiger partial charge in [-0.1, -0.05) is 29.8 Å². The van der Waals surface area contributed by atoms with Crippen LogP contribution in [0.15, 0.2) is 71.9 Å². The molecule has 1 aromatic heterocycles. The number of carbonyl (C=O) groups is 1. The van der Waals surface area contributed by atoms with Crippen LogP contribution in [0, 0.1) is 6.92 Å². The van der Waals surface area contributed by atoms with Crippen LogP contribution >= 0.6 is 0 Å². The second-order valence-corrected chi connectivity index (χ2v) is 9.97. The van der Waals surface area contributed by atoms with Gasteiger partial charge in [0.05, 0.1) is 11.3 Å². The van der Waals surface area contributed by atoms with E-state index in [0.29, 0.717) is 50.4 Å². The quantitative estimate of drug-likeness (QED) is 0.306. The van der Waals surface area contributed by atoms with E-state index in [2.05, 4.69) is 25.5 Å². The van der Waals surface area contributed by atoms with Gasteiger partial charge in [-0.15, -0.1) is 0 Å². The Labute approximate surface area is 223 Å². The molecule has 2 saturated heterocycles. The smallest absolute Gasteiger partial charge is 0.253 e. The fraction of sp³-hybridized carbons (Fsp3) is 0.345. The summed E-state index contributed by atoms with van der Waals surface area (Å²) in [6, 6.07) is 19.2. The maximum absolute atomic E-state index is 12.7. The van der Waals surface area contributed by atoms with E-state index < -0.39 is 5.60 Å². The van der Waals surface area contributed by atoms with Crippen LogP contribution in [0.1, 0.15) is 34.3 Å². The van der Waals surface area contributed by atoms with Crippen molar-refractivity contribution in [3.63, 3.8) is 0 Å². The van der Waals surface area contributed by atoms with Crippen molar-refractivity contribution in [1.82, 2.24) is 15.2 Å². The van der Waals surface area contributed by atoms with Gasteiger partial charge < -0.3 is 31.3 Å². The van der Waals surface area contributed by atoms with Crippen LogP contribution in [0.3, 0.4) is 0 Å². The Kier molecular flexibility index (Phi) is 7.57. The summed E-state index contributed by atoms with van der Waals surface area (Å²) in [4.78, 5) is 25.8. The first kappa shape index (κ1) is 25.7.